The molecule has 0 spiro atoms. The number of carboxylic acids is 1. The number of benzene rings is 1. The second kappa shape index (κ2) is 4.15. The van der Waals surface area contributed by atoms with E-state index in [4.69, 9.17) is 28.3 Å². The lowest BCUT2D eigenvalue weighted by atomic mass is 10.2. The van der Waals surface area contributed by atoms with E-state index in [1.54, 1.807) is 18.2 Å². The molecule has 0 amide bonds. The van der Waals surface area contributed by atoms with Crippen molar-refractivity contribution >= 4 is 29.2 Å². The molecule has 0 bridgehead atoms. The maximum Gasteiger partial charge on any atom is 0.371 e. The number of aromatic nitrogens is 2. The van der Waals surface area contributed by atoms with Gasteiger partial charge < -0.3 is 10.1 Å². The van der Waals surface area contributed by atoms with Gasteiger partial charge in [0.1, 0.15) is 0 Å². The van der Waals surface area contributed by atoms with Crippen LogP contribution < -0.4 is 0 Å². The number of nitrogens with zero attached hydrogens (tertiary/aromatic N) is 1. The van der Waals surface area contributed by atoms with Crippen molar-refractivity contribution in [2.45, 2.75) is 0 Å². The van der Waals surface area contributed by atoms with Gasteiger partial charge >= 0.3 is 5.97 Å². The number of carboxylic acid groups (broad SMARTS) is 1. The average molecular weight is 257 g/mol. The van der Waals surface area contributed by atoms with Gasteiger partial charge in [-0.25, -0.2) is 9.78 Å². The lowest BCUT2D eigenvalue weighted by Crippen LogP contribution is -1.98. The van der Waals surface area contributed by atoms with Crippen LogP contribution in [-0.2, 0) is 0 Å². The highest BCUT2D eigenvalue weighted by Crippen LogP contribution is 2.28. The van der Waals surface area contributed by atoms with E-state index in [1.165, 1.54) is 6.20 Å². The van der Waals surface area contributed by atoms with Crippen molar-refractivity contribution in [1.82, 2.24) is 9.97 Å². The van der Waals surface area contributed by atoms with Gasteiger partial charge in [-0.05, 0) is 18.2 Å². The van der Waals surface area contributed by atoms with Gasteiger partial charge in [0.15, 0.2) is 0 Å². The Morgan fingerprint density at radius 2 is 2.12 bits per heavy atom. The molecular formula is C10H6Cl2N2O2. The monoisotopic (exact) mass is 256 g/mol. The Balaban J connectivity index is 2.46. The zero-order chi connectivity index (χ0) is 11.7. The van der Waals surface area contributed by atoms with Crippen LogP contribution in [0.2, 0.25) is 10.0 Å². The normalized spacial score (nSPS) is 10.4. The number of aromatic carboxylic acids is 1. The Morgan fingerprint density at radius 3 is 2.69 bits per heavy atom. The minimum absolute atomic E-state index is 0.124. The second-order valence-corrected chi connectivity index (χ2v) is 3.92. The van der Waals surface area contributed by atoms with E-state index >= 15 is 0 Å². The quantitative estimate of drug-likeness (QED) is 0.868. The van der Waals surface area contributed by atoms with Gasteiger partial charge in [0.2, 0.25) is 5.82 Å². The lowest BCUT2D eigenvalue weighted by molar-refractivity contribution is 0.0685. The zero-order valence-electron chi connectivity index (χ0n) is 7.87. The second-order valence-electron chi connectivity index (χ2n) is 3.07. The van der Waals surface area contributed by atoms with Crippen molar-refractivity contribution in [1.29, 1.82) is 0 Å². The van der Waals surface area contributed by atoms with Crippen molar-refractivity contribution in [2.24, 2.45) is 0 Å². The predicted octanol–water partition coefficient (Wildman–Crippen LogP) is 3.08. The molecule has 16 heavy (non-hydrogen) atoms. The first kappa shape index (κ1) is 11.0. The molecule has 0 saturated carbocycles. The largest absolute Gasteiger partial charge is 0.475 e. The van der Waals surface area contributed by atoms with E-state index < -0.39 is 5.97 Å². The Hall–Kier alpha value is -1.52. The van der Waals surface area contributed by atoms with Crippen molar-refractivity contribution in [3.8, 4) is 11.3 Å². The maximum absolute atomic E-state index is 10.6. The summed E-state index contributed by atoms with van der Waals surface area (Å²) in [4.78, 5) is 17.0. The molecule has 6 heteroatoms. The van der Waals surface area contributed by atoms with E-state index in [-0.39, 0.29) is 5.82 Å². The highest BCUT2D eigenvalue weighted by atomic mass is 35.5. The van der Waals surface area contributed by atoms with Crippen LogP contribution >= 0.6 is 23.2 Å². The molecule has 0 fully saturated rings. The summed E-state index contributed by atoms with van der Waals surface area (Å²) in [5.74, 6) is -1.24. The van der Waals surface area contributed by atoms with Crippen LogP contribution in [0, 0.1) is 0 Å². The standard InChI is InChI=1S/C10H6Cl2N2O2/c11-5-1-2-6(7(12)3-5)8-4-13-9(14-8)10(15)16/h1-4H,(H,13,14)(H,15,16). The van der Waals surface area contributed by atoms with E-state index in [1.807, 2.05) is 0 Å². The number of H-pyrrole nitrogens is 1. The summed E-state index contributed by atoms with van der Waals surface area (Å²) >= 11 is 11.7. The summed E-state index contributed by atoms with van der Waals surface area (Å²) in [7, 11) is 0. The molecule has 1 aromatic heterocycles. The molecule has 0 unspecified atom stereocenters. The topological polar surface area (TPSA) is 66.0 Å². The molecule has 4 nitrogen and oxygen atoms in total. The first-order chi connectivity index (χ1) is 7.58. The first-order valence-corrected chi connectivity index (χ1v) is 5.07. The van der Waals surface area contributed by atoms with Crippen molar-refractivity contribution < 1.29 is 9.90 Å². The van der Waals surface area contributed by atoms with Gasteiger partial charge in [-0.15, -0.1) is 0 Å². The van der Waals surface area contributed by atoms with Gasteiger partial charge in [0.25, 0.3) is 0 Å². The molecule has 0 radical (unpaired) electrons. The lowest BCUT2D eigenvalue weighted by Gasteiger charge is -2.01. The number of aromatic amines is 1. The van der Waals surface area contributed by atoms with Crippen molar-refractivity contribution in [3.05, 3.63) is 40.3 Å². The molecule has 0 atom stereocenters. The Labute approximate surface area is 101 Å². The number of imidazole rings is 1. The van der Waals surface area contributed by atoms with Crippen LogP contribution in [-0.4, -0.2) is 21.0 Å². The fraction of sp³-hybridized carbons (Fsp3) is 0. The van der Waals surface area contributed by atoms with Crippen LogP contribution in [0.25, 0.3) is 11.3 Å². The van der Waals surface area contributed by atoms with Gasteiger partial charge in [-0.2, -0.15) is 0 Å². The average Bonchev–Trinajstić information content (AvgIpc) is 2.66. The summed E-state index contributed by atoms with van der Waals surface area (Å²) in [5, 5.41) is 9.67. The Morgan fingerprint density at radius 1 is 1.38 bits per heavy atom. The van der Waals surface area contributed by atoms with Crippen LogP contribution in [0.5, 0.6) is 0 Å². The van der Waals surface area contributed by atoms with E-state index in [9.17, 15) is 4.79 Å². The molecule has 0 aliphatic carbocycles. The number of rotatable bonds is 2. The molecule has 2 rings (SSSR count). The molecule has 0 aliphatic heterocycles. The highest BCUT2D eigenvalue weighted by molar-refractivity contribution is 6.36. The van der Waals surface area contributed by atoms with Gasteiger partial charge in [0.05, 0.1) is 16.9 Å². The minimum Gasteiger partial charge on any atom is -0.475 e. The van der Waals surface area contributed by atoms with Crippen LogP contribution in [0.4, 0.5) is 0 Å². The zero-order valence-corrected chi connectivity index (χ0v) is 9.38. The maximum atomic E-state index is 10.6. The minimum atomic E-state index is -1.11. The van der Waals surface area contributed by atoms with Gasteiger partial charge in [-0.1, -0.05) is 23.2 Å². The number of nitrogens with one attached hydrogen (secondary N) is 1. The third-order valence-corrected chi connectivity index (χ3v) is 2.55. The van der Waals surface area contributed by atoms with Crippen LogP contribution in [0.15, 0.2) is 24.4 Å². The summed E-state index contributed by atoms with van der Waals surface area (Å²) < 4.78 is 0. The molecule has 0 saturated heterocycles. The molecule has 0 aliphatic rings. The Kier molecular flexibility index (Phi) is 2.85. The number of halogens is 2. The highest BCUT2D eigenvalue weighted by Gasteiger charge is 2.11. The molecule has 82 valence electrons. The SMILES string of the molecule is O=C(O)c1ncc(-c2ccc(Cl)cc2Cl)[nH]1. The molecule has 2 aromatic rings. The number of carbonyl (C=O) groups is 1. The summed E-state index contributed by atoms with van der Waals surface area (Å²) in [6, 6.07) is 4.95. The smallest absolute Gasteiger partial charge is 0.371 e. The predicted molar refractivity (Wildman–Crippen MR) is 61.0 cm³/mol. The van der Waals surface area contributed by atoms with Crippen LogP contribution in [0.3, 0.4) is 0 Å². The van der Waals surface area contributed by atoms with Crippen molar-refractivity contribution in [2.75, 3.05) is 0 Å². The van der Waals surface area contributed by atoms with Crippen LogP contribution in [0.1, 0.15) is 10.6 Å². The van der Waals surface area contributed by atoms with E-state index in [0.29, 0.717) is 21.3 Å². The molecule has 1 heterocycles. The first-order valence-electron chi connectivity index (χ1n) is 4.31. The number of hydrogen-bond donors (Lipinski definition) is 2. The Bertz CT molecular complexity index is 552. The molecule has 2 N–H and O–H groups in total. The fourth-order valence-electron chi connectivity index (χ4n) is 1.27. The van der Waals surface area contributed by atoms with E-state index in [2.05, 4.69) is 9.97 Å². The fourth-order valence-corrected chi connectivity index (χ4v) is 1.78. The van der Waals surface area contributed by atoms with Gasteiger partial charge in [-0.3, -0.25) is 0 Å². The summed E-state index contributed by atoms with van der Waals surface area (Å²) in [6.07, 6.45) is 1.42. The summed E-state index contributed by atoms with van der Waals surface area (Å²) in [5.41, 5.74) is 1.20. The summed E-state index contributed by atoms with van der Waals surface area (Å²) in [6.45, 7) is 0. The molecule has 1 aromatic carbocycles. The van der Waals surface area contributed by atoms with E-state index in [0.717, 1.165) is 0 Å². The van der Waals surface area contributed by atoms with Crippen molar-refractivity contribution in [3.63, 3.8) is 0 Å². The third-order valence-electron chi connectivity index (χ3n) is 2.00. The third kappa shape index (κ3) is 2.03. The van der Waals surface area contributed by atoms with Gasteiger partial charge in [0, 0.05) is 10.6 Å². The molecular weight excluding hydrogens is 251 g/mol. The number of hydrogen-bond acceptors (Lipinski definition) is 2.